The normalized spacial score (nSPS) is 15.9. The minimum atomic E-state index is -0.466. The number of para-hydroxylation sites is 3. The quantitative estimate of drug-likeness (QED) is 0.437. The van der Waals surface area contributed by atoms with Crippen LogP contribution < -0.4 is 4.90 Å². The molecule has 0 amide bonds. The topological polar surface area (TPSA) is 50.5 Å². The van der Waals surface area contributed by atoms with E-state index in [-0.39, 0.29) is 5.78 Å². The van der Waals surface area contributed by atoms with Gasteiger partial charge in [0, 0.05) is 5.69 Å². The van der Waals surface area contributed by atoms with Gasteiger partial charge in [0.25, 0.3) is 0 Å². The van der Waals surface area contributed by atoms with E-state index in [1.165, 1.54) is 0 Å². The molecule has 2 aromatic heterocycles. The number of carbonyl (C=O) groups excluding carboxylic acids is 1. The van der Waals surface area contributed by atoms with Gasteiger partial charge in [0.2, 0.25) is 0 Å². The number of ketones is 1. The molecule has 0 saturated heterocycles. The summed E-state index contributed by atoms with van der Waals surface area (Å²) in [5, 5.41) is 0. The lowest BCUT2D eigenvalue weighted by atomic mass is 10.0. The highest BCUT2D eigenvalue weighted by atomic mass is 16.1. The average Bonchev–Trinajstić information content (AvgIpc) is 3.30. The number of carbonyl (C=O) groups is 1. The molecule has 6 rings (SSSR count). The molecule has 0 bridgehead atoms. The van der Waals surface area contributed by atoms with Gasteiger partial charge in [0.1, 0.15) is 17.9 Å². The standard InChI is InChI=1S/C24H16N4O/c29-22-20-23(25-15-27-19-14-8-7-13-18(19)26-24(20)27)28(17-11-5-2-6-12-17)21(22)16-9-3-1-4-10-16/h1-15,21H. The predicted molar refractivity (Wildman–Crippen MR) is 113 cm³/mol. The van der Waals surface area contributed by atoms with E-state index in [0.717, 1.165) is 22.3 Å². The molecule has 1 atom stereocenters. The summed E-state index contributed by atoms with van der Waals surface area (Å²) in [5.74, 6) is 0.668. The first-order chi connectivity index (χ1) is 14.3. The van der Waals surface area contributed by atoms with Gasteiger partial charge in [-0.2, -0.15) is 0 Å². The zero-order chi connectivity index (χ0) is 19.4. The first-order valence-corrected chi connectivity index (χ1v) is 9.52. The molecular formula is C24H16N4O. The van der Waals surface area contributed by atoms with Gasteiger partial charge in [-0.05, 0) is 29.8 Å². The Bertz CT molecular complexity index is 1380. The molecule has 3 aromatic carbocycles. The number of hydrogen-bond donors (Lipinski definition) is 0. The number of anilines is 2. The molecule has 1 unspecified atom stereocenters. The van der Waals surface area contributed by atoms with Crippen LogP contribution in [0.3, 0.4) is 0 Å². The second kappa shape index (κ2) is 6.01. The molecule has 138 valence electrons. The Morgan fingerprint density at radius 2 is 1.48 bits per heavy atom. The lowest BCUT2D eigenvalue weighted by Crippen LogP contribution is -2.23. The van der Waals surface area contributed by atoms with E-state index in [9.17, 15) is 4.79 Å². The number of fused-ring (bicyclic) bond motifs is 5. The van der Waals surface area contributed by atoms with Gasteiger partial charge in [-0.15, -0.1) is 0 Å². The zero-order valence-corrected chi connectivity index (χ0v) is 15.4. The zero-order valence-electron chi connectivity index (χ0n) is 15.4. The number of hydrogen-bond acceptors (Lipinski definition) is 4. The van der Waals surface area contributed by atoms with E-state index in [1.54, 1.807) is 6.33 Å². The fourth-order valence-corrected chi connectivity index (χ4v) is 4.19. The Labute approximate surface area is 166 Å². The van der Waals surface area contributed by atoms with Crippen LogP contribution in [0.5, 0.6) is 0 Å². The van der Waals surface area contributed by atoms with Crippen molar-refractivity contribution in [1.82, 2.24) is 14.4 Å². The van der Waals surface area contributed by atoms with E-state index in [1.807, 2.05) is 94.2 Å². The summed E-state index contributed by atoms with van der Waals surface area (Å²) in [6.07, 6.45) is 1.76. The second-order valence-electron chi connectivity index (χ2n) is 7.12. The molecule has 0 radical (unpaired) electrons. The van der Waals surface area contributed by atoms with E-state index in [2.05, 4.69) is 0 Å². The summed E-state index contributed by atoms with van der Waals surface area (Å²) in [4.78, 5) is 25.2. The fourth-order valence-electron chi connectivity index (χ4n) is 4.19. The van der Waals surface area contributed by atoms with Crippen molar-refractivity contribution in [3.8, 4) is 0 Å². The molecule has 0 spiro atoms. The summed E-state index contributed by atoms with van der Waals surface area (Å²) in [6, 6.07) is 27.2. The summed E-state index contributed by atoms with van der Waals surface area (Å²) in [5.41, 5.74) is 4.89. The van der Waals surface area contributed by atoms with Crippen molar-refractivity contribution in [1.29, 1.82) is 0 Å². The van der Waals surface area contributed by atoms with Crippen molar-refractivity contribution < 1.29 is 4.79 Å². The largest absolute Gasteiger partial charge is 0.311 e. The van der Waals surface area contributed by atoms with Crippen LogP contribution in [0.1, 0.15) is 22.0 Å². The van der Waals surface area contributed by atoms with E-state index >= 15 is 0 Å². The van der Waals surface area contributed by atoms with Crippen LogP contribution in [0.15, 0.2) is 91.3 Å². The number of nitrogens with zero attached hydrogens (tertiary/aromatic N) is 4. The molecule has 0 saturated carbocycles. The van der Waals surface area contributed by atoms with E-state index in [4.69, 9.17) is 9.97 Å². The van der Waals surface area contributed by atoms with Crippen molar-refractivity contribution in [2.24, 2.45) is 0 Å². The molecule has 5 heteroatoms. The van der Waals surface area contributed by atoms with Crippen molar-refractivity contribution >= 4 is 34.0 Å². The van der Waals surface area contributed by atoms with Gasteiger partial charge in [-0.1, -0.05) is 60.7 Å². The fraction of sp³-hybridized carbons (Fsp3) is 0.0417. The first-order valence-electron chi connectivity index (χ1n) is 9.52. The summed E-state index contributed by atoms with van der Waals surface area (Å²) >= 11 is 0. The number of aromatic nitrogens is 3. The number of rotatable bonds is 2. The average molecular weight is 376 g/mol. The molecule has 29 heavy (non-hydrogen) atoms. The van der Waals surface area contributed by atoms with Crippen molar-refractivity contribution in [3.63, 3.8) is 0 Å². The monoisotopic (exact) mass is 376 g/mol. The maximum Gasteiger partial charge on any atom is 0.197 e. The van der Waals surface area contributed by atoms with Crippen molar-refractivity contribution in [3.05, 3.63) is 102 Å². The lowest BCUT2D eigenvalue weighted by molar-refractivity contribution is 0.0975. The van der Waals surface area contributed by atoms with Crippen LogP contribution in [-0.4, -0.2) is 20.2 Å². The third-order valence-electron chi connectivity index (χ3n) is 5.47. The molecule has 3 heterocycles. The Morgan fingerprint density at radius 3 is 2.28 bits per heavy atom. The molecule has 5 aromatic rings. The van der Waals surface area contributed by atoms with Crippen LogP contribution >= 0.6 is 0 Å². The maximum absolute atomic E-state index is 13.7. The minimum Gasteiger partial charge on any atom is -0.311 e. The second-order valence-corrected chi connectivity index (χ2v) is 7.12. The Hall–Kier alpha value is -3.99. The lowest BCUT2D eigenvalue weighted by Gasteiger charge is -2.25. The van der Waals surface area contributed by atoms with Crippen LogP contribution in [0.2, 0.25) is 0 Å². The third kappa shape index (κ3) is 2.24. The van der Waals surface area contributed by atoms with Crippen molar-refractivity contribution in [2.45, 2.75) is 6.04 Å². The SMILES string of the molecule is O=C1c2c(ncn3c2nc2ccccc23)N(c2ccccc2)C1c1ccccc1. The molecule has 1 aliphatic rings. The highest BCUT2D eigenvalue weighted by Gasteiger charge is 2.42. The molecule has 1 aliphatic heterocycles. The maximum atomic E-state index is 13.7. The third-order valence-corrected chi connectivity index (χ3v) is 5.47. The molecule has 0 aliphatic carbocycles. The minimum absolute atomic E-state index is 0.0171. The van der Waals surface area contributed by atoms with Gasteiger partial charge in [0.15, 0.2) is 17.2 Å². The smallest absolute Gasteiger partial charge is 0.197 e. The van der Waals surface area contributed by atoms with Gasteiger partial charge >= 0.3 is 0 Å². The molecule has 5 nitrogen and oxygen atoms in total. The van der Waals surface area contributed by atoms with Crippen LogP contribution in [0.4, 0.5) is 11.5 Å². The number of imidazole rings is 1. The molecule has 0 fully saturated rings. The van der Waals surface area contributed by atoms with E-state index in [0.29, 0.717) is 17.0 Å². The Kier molecular flexibility index (Phi) is 3.32. The summed E-state index contributed by atoms with van der Waals surface area (Å²) < 4.78 is 1.91. The number of benzene rings is 3. The van der Waals surface area contributed by atoms with Crippen LogP contribution in [0, 0.1) is 0 Å². The highest BCUT2D eigenvalue weighted by Crippen LogP contribution is 2.45. The van der Waals surface area contributed by atoms with E-state index < -0.39 is 6.04 Å². The number of Topliss-reactive ketones (excluding diaryl/α,β-unsaturated/α-hetero) is 1. The Morgan fingerprint density at radius 1 is 0.793 bits per heavy atom. The molecular weight excluding hydrogens is 360 g/mol. The first kappa shape index (κ1) is 16.0. The highest BCUT2D eigenvalue weighted by molar-refractivity contribution is 6.16. The van der Waals surface area contributed by atoms with Gasteiger partial charge in [-0.3, -0.25) is 9.20 Å². The van der Waals surface area contributed by atoms with Crippen LogP contribution in [0.25, 0.3) is 16.7 Å². The Balaban J connectivity index is 1.67. The summed E-state index contributed by atoms with van der Waals surface area (Å²) in [7, 11) is 0. The van der Waals surface area contributed by atoms with Crippen molar-refractivity contribution in [2.75, 3.05) is 4.90 Å². The molecule has 0 N–H and O–H groups in total. The van der Waals surface area contributed by atoms with Gasteiger partial charge in [0.05, 0.1) is 11.0 Å². The van der Waals surface area contributed by atoms with Crippen LogP contribution in [-0.2, 0) is 0 Å². The van der Waals surface area contributed by atoms with Gasteiger partial charge < -0.3 is 4.90 Å². The van der Waals surface area contributed by atoms with Gasteiger partial charge in [-0.25, -0.2) is 9.97 Å². The summed E-state index contributed by atoms with van der Waals surface area (Å²) in [6.45, 7) is 0. The predicted octanol–water partition coefficient (Wildman–Crippen LogP) is 4.96.